The summed E-state index contributed by atoms with van der Waals surface area (Å²) in [5, 5.41) is 8.23. The third-order valence-electron chi connectivity index (χ3n) is 6.34. The van der Waals surface area contributed by atoms with Gasteiger partial charge in [0.25, 0.3) is 0 Å². The zero-order chi connectivity index (χ0) is 22.0. The van der Waals surface area contributed by atoms with Gasteiger partial charge in [-0.05, 0) is 68.6 Å². The number of hydrogen-bond acceptors (Lipinski definition) is 4. The van der Waals surface area contributed by atoms with Gasteiger partial charge in [-0.15, -0.1) is 0 Å². The predicted octanol–water partition coefficient (Wildman–Crippen LogP) is 4.88. The van der Waals surface area contributed by atoms with Crippen molar-refractivity contribution >= 4 is 40.5 Å². The van der Waals surface area contributed by atoms with E-state index in [1.807, 2.05) is 17.0 Å². The van der Waals surface area contributed by atoms with Gasteiger partial charge in [-0.25, -0.2) is 0 Å². The number of aryl methyl sites for hydroxylation is 1. The molecule has 0 bridgehead atoms. The topological polar surface area (TPSA) is 47.6 Å². The Morgan fingerprint density at radius 2 is 1.90 bits per heavy atom. The third-order valence-corrected chi connectivity index (χ3v) is 6.90. The Morgan fingerprint density at radius 1 is 1.13 bits per heavy atom. The molecule has 5 nitrogen and oxygen atoms in total. The number of carbonyl (C=O) groups excluding carboxylic acids is 1. The van der Waals surface area contributed by atoms with E-state index < -0.39 is 0 Å². The van der Waals surface area contributed by atoms with Gasteiger partial charge in [0.2, 0.25) is 5.91 Å². The molecule has 2 aromatic rings. The minimum absolute atomic E-state index is 0.0166. The fraction of sp³-hybridized carbons (Fsp3) is 0.458. The maximum Gasteiger partial charge on any atom is 0.239 e. The van der Waals surface area contributed by atoms with Crippen molar-refractivity contribution in [2.75, 3.05) is 42.9 Å². The van der Waals surface area contributed by atoms with Gasteiger partial charge in [-0.1, -0.05) is 35.3 Å². The Kier molecular flexibility index (Phi) is 6.95. The maximum atomic E-state index is 12.7. The monoisotopic (exact) mass is 460 g/mol. The van der Waals surface area contributed by atoms with Crippen LogP contribution in [0.4, 0.5) is 11.4 Å². The van der Waals surface area contributed by atoms with Gasteiger partial charge in [0, 0.05) is 47.6 Å². The first kappa shape index (κ1) is 22.3. The molecule has 7 heteroatoms. The van der Waals surface area contributed by atoms with Crippen LogP contribution < -0.4 is 15.5 Å². The van der Waals surface area contributed by atoms with Crippen LogP contribution in [-0.4, -0.2) is 49.6 Å². The second kappa shape index (κ2) is 9.68. The van der Waals surface area contributed by atoms with E-state index >= 15 is 0 Å². The molecule has 2 aliphatic heterocycles. The van der Waals surface area contributed by atoms with Crippen molar-refractivity contribution in [2.24, 2.45) is 0 Å². The Labute approximate surface area is 194 Å². The first-order valence-corrected chi connectivity index (χ1v) is 11.8. The van der Waals surface area contributed by atoms with Crippen LogP contribution in [0.3, 0.4) is 0 Å². The molecule has 31 heavy (non-hydrogen) atoms. The van der Waals surface area contributed by atoms with E-state index in [-0.39, 0.29) is 18.0 Å². The molecular weight excluding hydrogens is 431 g/mol. The van der Waals surface area contributed by atoms with Gasteiger partial charge in [-0.2, -0.15) is 0 Å². The molecule has 2 aromatic carbocycles. The summed E-state index contributed by atoms with van der Waals surface area (Å²) in [5.41, 5.74) is 4.46. The number of anilines is 2. The van der Waals surface area contributed by atoms with E-state index in [2.05, 4.69) is 47.6 Å². The molecule has 2 atom stereocenters. The van der Waals surface area contributed by atoms with Gasteiger partial charge < -0.3 is 20.4 Å². The third kappa shape index (κ3) is 5.11. The molecule has 0 radical (unpaired) electrons. The van der Waals surface area contributed by atoms with Crippen molar-refractivity contribution in [3.63, 3.8) is 0 Å². The van der Waals surface area contributed by atoms with E-state index in [1.54, 1.807) is 6.07 Å². The highest BCUT2D eigenvalue weighted by Gasteiger charge is 2.29. The number of piperazine rings is 1. The summed E-state index contributed by atoms with van der Waals surface area (Å²) in [5.74, 6) is 0.261. The van der Waals surface area contributed by atoms with Gasteiger partial charge in [-0.3, -0.25) is 4.79 Å². The van der Waals surface area contributed by atoms with E-state index in [0.717, 1.165) is 56.8 Å². The molecule has 0 saturated carbocycles. The molecule has 2 saturated heterocycles. The lowest BCUT2D eigenvalue weighted by Gasteiger charge is -2.37. The van der Waals surface area contributed by atoms with Crippen LogP contribution in [0, 0.1) is 6.92 Å². The number of carbonyl (C=O) groups is 1. The standard InChI is InChI=1S/C24H30Cl2N4O/c1-16-5-7-19(15-23(16)28-17(2)20-8-6-18(25)14-21(20)26)29-10-12-30(13-11-29)24(31)22-4-3-9-27-22/h5-8,14-15,17,22,27-28H,3-4,9-13H2,1-2H3/t17-,22-/m1/s1. The van der Waals surface area contributed by atoms with E-state index in [4.69, 9.17) is 23.2 Å². The Morgan fingerprint density at radius 3 is 2.58 bits per heavy atom. The van der Waals surface area contributed by atoms with Gasteiger partial charge >= 0.3 is 0 Å². The van der Waals surface area contributed by atoms with Crippen molar-refractivity contribution in [1.29, 1.82) is 0 Å². The number of hydrogen-bond donors (Lipinski definition) is 2. The Balaban J connectivity index is 1.41. The summed E-state index contributed by atoms with van der Waals surface area (Å²) in [6.07, 6.45) is 2.05. The number of benzene rings is 2. The average Bonchev–Trinajstić information content (AvgIpc) is 3.30. The van der Waals surface area contributed by atoms with Gasteiger partial charge in [0.05, 0.1) is 12.1 Å². The molecule has 0 unspecified atom stereocenters. The van der Waals surface area contributed by atoms with Crippen molar-refractivity contribution in [3.05, 3.63) is 57.6 Å². The highest BCUT2D eigenvalue weighted by molar-refractivity contribution is 6.35. The van der Waals surface area contributed by atoms with Crippen LogP contribution >= 0.6 is 23.2 Å². The predicted molar refractivity (Wildman–Crippen MR) is 129 cm³/mol. The molecule has 0 spiro atoms. The van der Waals surface area contributed by atoms with Crippen LogP contribution in [0.2, 0.25) is 10.0 Å². The van der Waals surface area contributed by atoms with Gasteiger partial charge in [0.1, 0.15) is 0 Å². The number of nitrogens with one attached hydrogen (secondary N) is 2. The SMILES string of the molecule is Cc1ccc(N2CCN(C(=O)[C@H]3CCCN3)CC2)cc1N[C@H](C)c1ccc(Cl)cc1Cl. The molecule has 4 rings (SSSR count). The minimum atomic E-state index is 0.0166. The summed E-state index contributed by atoms with van der Waals surface area (Å²) in [7, 11) is 0. The highest BCUT2D eigenvalue weighted by atomic mass is 35.5. The second-order valence-electron chi connectivity index (χ2n) is 8.49. The first-order chi connectivity index (χ1) is 14.9. The zero-order valence-electron chi connectivity index (χ0n) is 18.1. The molecule has 2 fully saturated rings. The zero-order valence-corrected chi connectivity index (χ0v) is 19.6. The first-order valence-electron chi connectivity index (χ1n) is 11.0. The van der Waals surface area contributed by atoms with Crippen LogP contribution in [0.25, 0.3) is 0 Å². The second-order valence-corrected chi connectivity index (χ2v) is 9.34. The quantitative estimate of drug-likeness (QED) is 0.667. The average molecular weight is 461 g/mol. The number of amides is 1. The number of halogens is 2. The van der Waals surface area contributed by atoms with E-state index in [9.17, 15) is 4.79 Å². The summed E-state index contributed by atoms with van der Waals surface area (Å²) in [4.78, 5) is 17.0. The fourth-order valence-corrected chi connectivity index (χ4v) is 5.00. The lowest BCUT2D eigenvalue weighted by atomic mass is 10.1. The number of nitrogens with zero attached hydrogens (tertiary/aromatic N) is 2. The highest BCUT2D eigenvalue weighted by Crippen LogP contribution is 2.31. The van der Waals surface area contributed by atoms with Crippen LogP contribution in [-0.2, 0) is 4.79 Å². The van der Waals surface area contributed by atoms with Crippen molar-refractivity contribution in [2.45, 2.75) is 38.8 Å². The Hall–Kier alpha value is -1.95. The van der Waals surface area contributed by atoms with Crippen molar-refractivity contribution < 1.29 is 4.79 Å². The summed E-state index contributed by atoms with van der Waals surface area (Å²) < 4.78 is 0. The summed E-state index contributed by atoms with van der Waals surface area (Å²) in [6.45, 7) is 8.39. The minimum Gasteiger partial charge on any atom is -0.378 e. The number of rotatable bonds is 5. The summed E-state index contributed by atoms with van der Waals surface area (Å²) in [6, 6.07) is 12.2. The van der Waals surface area contributed by atoms with E-state index in [1.165, 1.54) is 11.3 Å². The lowest BCUT2D eigenvalue weighted by Crippen LogP contribution is -2.53. The summed E-state index contributed by atoms with van der Waals surface area (Å²) >= 11 is 12.4. The smallest absolute Gasteiger partial charge is 0.239 e. The van der Waals surface area contributed by atoms with Crippen LogP contribution in [0.1, 0.15) is 36.9 Å². The molecule has 0 aliphatic carbocycles. The fourth-order valence-electron chi connectivity index (χ4n) is 4.43. The molecule has 2 heterocycles. The largest absolute Gasteiger partial charge is 0.378 e. The van der Waals surface area contributed by atoms with Gasteiger partial charge in [0.15, 0.2) is 0 Å². The van der Waals surface area contributed by atoms with Crippen LogP contribution in [0.5, 0.6) is 0 Å². The van der Waals surface area contributed by atoms with Crippen molar-refractivity contribution in [3.8, 4) is 0 Å². The normalized spacial score (nSPS) is 20.1. The van der Waals surface area contributed by atoms with Crippen molar-refractivity contribution in [1.82, 2.24) is 10.2 Å². The molecule has 166 valence electrons. The van der Waals surface area contributed by atoms with E-state index in [0.29, 0.717) is 10.0 Å². The molecule has 1 amide bonds. The lowest BCUT2D eigenvalue weighted by molar-refractivity contribution is -0.133. The molecule has 2 N–H and O–H groups in total. The molecule has 0 aromatic heterocycles. The maximum absolute atomic E-state index is 12.7. The molecule has 2 aliphatic rings. The van der Waals surface area contributed by atoms with Crippen LogP contribution in [0.15, 0.2) is 36.4 Å². The molecular formula is C24H30Cl2N4O. The Bertz CT molecular complexity index is 937.